The highest BCUT2D eigenvalue weighted by atomic mass is 16.7. The number of carbonyl (C=O) groups is 8. The third kappa shape index (κ3) is 11.0. The summed E-state index contributed by atoms with van der Waals surface area (Å²) in [6.45, 7) is 7.13. The summed E-state index contributed by atoms with van der Waals surface area (Å²) in [5, 5.41) is 22.1. The van der Waals surface area contributed by atoms with Crippen LogP contribution in [0.3, 0.4) is 0 Å². The van der Waals surface area contributed by atoms with Crippen LogP contribution in [-0.4, -0.2) is 88.5 Å². The van der Waals surface area contributed by atoms with Crippen molar-refractivity contribution < 1.29 is 53.0 Å². The van der Waals surface area contributed by atoms with Crippen molar-refractivity contribution in [1.29, 1.82) is 0 Å². The van der Waals surface area contributed by atoms with Gasteiger partial charge in [-0.3, -0.25) is 28.8 Å². The number of aliphatic carboxylic acids is 1. The van der Waals surface area contributed by atoms with Crippen LogP contribution >= 0.6 is 0 Å². The summed E-state index contributed by atoms with van der Waals surface area (Å²) in [7, 11) is 0. The standard InChI is InChI=1S/C38H44N6O11/c1-5-39-19-22(2)18-29(42-37(53)54-21-27-25-12-8-6-10-23(25)24-11-7-9-13-26(24)27)35(51)43-38(3,4)36(52)41-28(14-17-32(47)48)34(50)40-20-33(49)55-44-30(45)15-16-31(44)46/h5-13,19,27-29,39H,1,14-18,20-21H2,2-4H3,(H,40,50)(H,41,52)(H,42,53)(H,43,51)(H,47,48)/b22-19+/t28-,29-/m0/s1. The van der Waals surface area contributed by atoms with Crippen LogP contribution in [0.25, 0.3) is 11.1 Å². The van der Waals surface area contributed by atoms with E-state index in [9.17, 15) is 43.5 Å². The molecule has 0 unspecified atom stereocenters. The Balaban J connectivity index is 1.41. The molecule has 55 heavy (non-hydrogen) atoms. The summed E-state index contributed by atoms with van der Waals surface area (Å²) in [5.74, 6) is -6.77. The average molecular weight is 761 g/mol. The number of ether oxygens (including phenoxy) is 1. The van der Waals surface area contributed by atoms with Crippen LogP contribution in [0, 0.1) is 0 Å². The van der Waals surface area contributed by atoms with Crippen LogP contribution in [0.1, 0.15) is 69.9 Å². The molecule has 17 heteroatoms. The zero-order valence-corrected chi connectivity index (χ0v) is 30.6. The average Bonchev–Trinajstić information content (AvgIpc) is 3.64. The summed E-state index contributed by atoms with van der Waals surface area (Å²) >= 11 is 0. The summed E-state index contributed by atoms with van der Waals surface area (Å²) in [5.41, 5.74) is 2.98. The number of carboxylic acids is 1. The van der Waals surface area contributed by atoms with E-state index in [1.165, 1.54) is 20.0 Å². The summed E-state index contributed by atoms with van der Waals surface area (Å²) in [6, 6.07) is 12.9. The maximum atomic E-state index is 13.7. The fraction of sp³-hybridized carbons (Fsp3) is 0.368. The van der Waals surface area contributed by atoms with E-state index in [1.807, 2.05) is 48.5 Å². The number of hydroxylamine groups is 2. The van der Waals surface area contributed by atoms with Crippen LogP contribution in [-0.2, 0) is 43.1 Å². The van der Waals surface area contributed by atoms with Crippen molar-refractivity contribution in [2.24, 2.45) is 0 Å². The van der Waals surface area contributed by atoms with E-state index in [-0.39, 0.29) is 31.8 Å². The zero-order valence-electron chi connectivity index (χ0n) is 30.6. The maximum Gasteiger partial charge on any atom is 0.407 e. The highest BCUT2D eigenvalue weighted by molar-refractivity contribution is 6.02. The van der Waals surface area contributed by atoms with Crippen molar-refractivity contribution in [3.8, 4) is 11.1 Å². The predicted molar refractivity (Wildman–Crippen MR) is 195 cm³/mol. The Kier molecular flexibility index (Phi) is 13.9. The fourth-order valence-electron chi connectivity index (χ4n) is 5.98. The fourth-order valence-corrected chi connectivity index (χ4v) is 5.98. The van der Waals surface area contributed by atoms with Crippen molar-refractivity contribution in [3.63, 3.8) is 0 Å². The topological polar surface area (TPSA) is 239 Å². The number of alkyl carbamates (subject to hydrolysis) is 1. The lowest BCUT2D eigenvalue weighted by molar-refractivity contribution is -0.196. The molecule has 1 heterocycles. The molecule has 0 spiro atoms. The Morgan fingerprint density at radius 2 is 1.53 bits per heavy atom. The summed E-state index contributed by atoms with van der Waals surface area (Å²) in [4.78, 5) is 105. The molecule has 6 N–H and O–H groups in total. The zero-order chi connectivity index (χ0) is 40.3. The number of carboxylic acid groups (broad SMARTS) is 1. The first-order valence-corrected chi connectivity index (χ1v) is 17.4. The molecule has 0 aromatic heterocycles. The summed E-state index contributed by atoms with van der Waals surface area (Å²) in [6.07, 6.45) is 0.878. The summed E-state index contributed by atoms with van der Waals surface area (Å²) < 4.78 is 5.65. The van der Waals surface area contributed by atoms with Gasteiger partial charge in [-0.15, -0.1) is 5.06 Å². The third-order valence-corrected chi connectivity index (χ3v) is 8.80. The second kappa shape index (κ2) is 18.5. The second-order valence-corrected chi connectivity index (χ2v) is 13.4. The van der Waals surface area contributed by atoms with Crippen LogP contribution in [0.15, 0.2) is 73.1 Å². The first-order valence-electron chi connectivity index (χ1n) is 17.4. The Morgan fingerprint density at radius 3 is 2.11 bits per heavy atom. The van der Waals surface area contributed by atoms with Gasteiger partial charge in [0, 0.05) is 25.2 Å². The van der Waals surface area contributed by atoms with Gasteiger partial charge in [0.2, 0.25) is 17.7 Å². The number of hydrogen-bond donors (Lipinski definition) is 6. The van der Waals surface area contributed by atoms with Gasteiger partial charge >= 0.3 is 18.0 Å². The first kappa shape index (κ1) is 41.2. The molecule has 0 radical (unpaired) electrons. The van der Waals surface area contributed by atoms with Crippen molar-refractivity contribution in [2.75, 3.05) is 13.2 Å². The normalized spacial score (nSPS) is 14.8. The van der Waals surface area contributed by atoms with Crippen LogP contribution < -0.4 is 26.6 Å². The van der Waals surface area contributed by atoms with Crippen molar-refractivity contribution in [3.05, 3.63) is 84.2 Å². The molecule has 17 nitrogen and oxygen atoms in total. The van der Waals surface area contributed by atoms with Crippen LogP contribution in [0.2, 0.25) is 0 Å². The molecule has 2 aromatic rings. The Hall–Kier alpha value is -6.52. The first-order chi connectivity index (χ1) is 26.1. The number of amides is 6. The Bertz CT molecular complexity index is 1830. The van der Waals surface area contributed by atoms with E-state index in [2.05, 4.69) is 33.2 Å². The molecule has 6 amide bonds. The van der Waals surface area contributed by atoms with Crippen molar-refractivity contribution in [2.45, 2.75) is 76.4 Å². The molecule has 2 aliphatic rings. The molecule has 1 fully saturated rings. The molecule has 0 bridgehead atoms. The van der Waals surface area contributed by atoms with Gasteiger partial charge in [-0.1, -0.05) is 60.7 Å². The minimum atomic E-state index is -1.73. The molecule has 4 rings (SSSR count). The number of nitrogens with zero attached hydrogens (tertiary/aromatic N) is 1. The van der Waals surface area contributed by atoms with E-state index in [0.29, 0.717) is 10.6 Å². The molecular formula is C38H44N6O11. The minimum absolute atomic E-state index is 0.0110. The van der Waals surface area contributed by atoms with Gasteiger partial charge in [0.25, 0.3) is 11.8 Å². The monoisotopic (exact) mass is 760 g/mol. The van der Waals surface area contributed by atoms with Crippen LogP contribution in [0.5, 0.6) is 0 Å². The molecule has 2 atom stereocenters. The van der Waals surface area contributed by atoms with Gasteiger partial charge < -0.3 is 41.3 Å². The van der Waals surface area contributed by atoms with Gasteiger partial charge in [0.15, 0.2) is 0 Å². The lowest BCUT2D eigenvalue weighted by Gasteiger charge is -2.30. The lowest BCUT2D eigenvalue weighted by atomic mass is 9.98. The van der Waals surface area contributed by atoms with E-state index < -0.39 is 84.6 Å². The van der Waals surface area contributed by atoms with Gasteiger partial charge in [-0.2, -0.15) is 0 Å². The maximum absolute atomic E-state index is 13.7. The minimum Gasteiger partial charge on any atom is -0.481 e. The quantitative estimate of drug-likeness (QED) is 0.120. The molecule has 1 saturated heterocycles. The lowest BCUT2D eigenvalue weighted by Crippen LogP contribution is -2.61. The van der Waals surface area contributed by atoms with Gasteiger partial charge in [0.1, 0.15) is 30.8 Å². The van der Waals surface area contributed by atoms with E-state index >= 15 is 0 Å². The molecule has 2 aromatic carbocycles. The van der Waals surface area contributed by atoms with Crippen molar-refractivity contribution >= 4 is 47.6 Å². The number of benzene rings is 2. The molecule has 292 valence electrons. The molecule has 1 aliphatic heterocycles. The Labute approximate surface area is 316 Å². The third-order valence-electron chi connectivity index (χ3n) is 8.80. The number of carbonyl (C=O) groups excluding carboxylic acids is 7. The number of nitrogens with one attached hydrogen (secondary N) is 5. The Morgan fingerprint density at radius 1 is 0.927 bits per heavy atom. The second-order valence-electron chi connectivity index (χ2n) is 13.4. The predicted octanol–water partition coefficient (Wildman–Crippen LogP) is 1.89. The number of hydrogen-bond acceptors (Lipinski definition) is 11. The number of fused-ring (bicyclic) bond motifs is 3. The largest absolute Gasteiger partial charge is 0.481 e. The molecule has 0 saturated carbocycles. The number of rotatable bonds is 18. The highest BCUT2D eigenvalue weighted by Gasteiger charge is 2.37. The van der Waals surface area contributed by atoms with Gasteiger partial charge in [-0.05, 0) is 68.3 Å². The molecule has 1 aliphatic carbocycles. The van der Waals surface area contributed by atoms with Gasteiger partial charge in [0.05, 0.1) is 0 Å². The molecular weight excluding hydrogens is 716 g/mol. The van der Waals surface area contributed by atoms with E-state index in [0.717, 1.165) is 22.3 Å². The number of imide groups is 1. The van der Waals surface area contributed by atoms with Crippen molar-refractivity contribution in [1.82, 2.24) is 31.6 Å². The van der Waals surface area contributed by atoms with E-state index in [4.69, 9.17) is 9.57 Å². The smallest absolute Gasteiger partial charge is 0.407 e. The van der Waals surface area contributed by atoms with E-state index in [1.54, 1.807) is 13.1 Å². The van der Waals surface area contributed by atoms with Gasteiger partial charge in [-0.25, -0.2) is 9.59 Å². The van der Waals surface area contributed by atoms with Crippen LogP contribution in [0.4, 0.5) is 4.79 Å². The highest BCUT2D eigenvalue weighted by Crippen LogP contribution is 2.44. The SMILES string of the molecule is C=CN/C=C(\C)C[C@H](NC(=O)OCC1c2ccccc2-c2ccccc21)C(=O)NC(C)(C)C(=O)N[C@@H](CCC(=O)O)C(=O)NCC(=O)ON1C(=O)CCC1=O.